The van der Waals surface area contributed by atoms with Crippen molar-refractivity contribution in [2.75, 3.05) is 5.73 Å². The maximum Gasteiger partial charge on any atom is 0.185 e. The van der Waals surface area contributed by atoms with Gasteiger partial charge in [-0.3, -0.25) is 4.79 Å². The summed E-state index contributed by atoms with van der Waals surface area (Å²) in [5.41, 5.74) is 9.45. The van der Waals surface area contributed by atoms with Crippen molar-refractivity contribution in [1.29, 1.82) is 0 Å². The van der Waals surface area contributed by atoms with Gasteiger partial charge in [0.25, 0.3) is 0 Å². The molecule has 1 aromatic heterocycles. The van der Waals surface area contributed by atoms with E-state index in [9.17, 15) is 4.79 Å². The molecule has 3 rings (SSSR count). The number of benzene rings is 2. The third kappa shape index (κ3) is 3.25. The molecule has 0 saturated heterocycles. The number of pyridine rings is 1. The molecule has 3 aromatic rings. The van der Waals surface area contributed by atoms with Crippen LogP contribution in [0.15, 0.2) is 54.6 Å². The fourth-order valence-electron chi connectivity index (χ4n) is 2.41. The number of nitrogens with zero attached hydrogens (tertiary/aromatic N) is 1. The molecule has 0 atom stereocenters. The molecule has 0 radical (unpaired) electrons. The average Bonchev–Trinajstić information content (AvgIpc) is 2.53. The molecule has 23 heavy (non-hydrogen) atoms. The highest BCUT2D eigenvalue weighted by Gasteiger charge is 2.06. The average molecular weight is 323 g/mol. The van der Waals surface area contributed by atoms with Crippen molar-refractivity contribution >= 4 is 40.1 Å². The van der Waals surface area contributed by atoms with Gasteiger partial charge < -0.3 is 5.73 Å². The van der Waals surface area contributed by atoms with Crippen LogP contribution >= 0.6 is 11.6 Å². The molecule has 0 aliphatic rings. The largest absolute Gasteiger partial charge is 0.399 e. The van der Waals surface area contributed by atoms with Crippen LogP contribution in [-0.4, -0.2) is 10.8 Å². The Kier molecular flexibility index (Phi) is 4.13. The third-order valence-electron chi connectivity index (χ3n) is 3.61. The summed E-state index contributed by atoms with van der Waals surface area (Å²) in [5.74, 6) is -0.127. The lowest BCUT2D eigenvalue weighted by Gasteiger charge is -2.04. The Balaban J connectivity index is 1.95. The second-order valence-electron chi connectivity index (χ2n) is 5.34. The van der Waals surface area contributed by atoms with Gasteiger partial charge in [-0.05, 0) is 42.8 Å². The number of nitrogens with two attached hydrogens (primary N) is 1. The van der Waals surface area contributed by atoms with E-state index in [1.807, 2.05) is 31.2 Å². The number of hydrogen-bond donors (Lipinski definition) is 1. The monoisotopic (exact) mass is 322 g/mol. The van der Waals surface area contributed by atoms with Crippen LogP contribution < -0.4 is 5.73 Å². The Morgan fingerprint density at radius 1 is 1.17 bits per heavy atom. The number of anilines is 1. The quantitative estimate of drug-likeness (QED) is 0.330. The van der Waals surface area contributed by atoms with Gasteiger partial charge in [0, 0.05) is 22.2 Å². The van der Waals surface area contributed by atoms with Crippen LogP contribution in [0.1, 0.15) is 21.5 Å². The van der Waals surface area contributed by atoms with Crippen molar-refractivity contribution in [3.63, 3.8) is 0 Å². The van der Waals surface area contributed by atoms with Gasteiger partial charge in [-0.15, -0.1) is 0 Å². The lowest BCUT2D eigenvalue weighted by Crippen LogP contribution is -1.96. The summed E-state index contributed by atoms with van der Waals surface area (Å²) >= 11 is 6.24. The molecule has 0 spiro atoms. The summed E-state index contributed by atoms with van der Waals surface area (Å²) in [6.45, 7) is 1.99. The summed E-state index contributed by atoms with van der Waals surface area (Å²) in [5, 5.41) is 1.37. The second kappa shape index (κ2) is 6.23. The number of rotatable bonds is 3. The highest BCUT2D eigenvalue weighted by molar-refractivity contribution is 6.31. The smallest absolute Gasteiger partial charge is 0.185 e. The van der Waals surface area contributed by atoms with E-state index in [1.165, 1.54) is 6.08 Å². The predicted octanol–water partition coefficient (Wildman–Crippen LogP) is 4.67. The molecule has 114 valence electrons. The molecule has 2 N–H and O–H groups in total. The van der Waals surface area contributed by atoms with Crippen molar-refractivity contribution < 1.29 is 4.79 Å². The van der Waals surface area contributed by atoms with Gasteiger partial charge >= 0.3 is 0 Å². The number of carbonyl (C=O) groups is 1. The number of aromatic nitrogens is 1. The van der Waals surface area contributed by atoms with Gasteiger partial charge in [0.2, 0.25) is 0 Å². The Morgan fingerprint density at radius 3 is 2.74 bits per heavy atom. The van der Waals surface area contributed by atoms with Crippen molar-refractivity contribution in [3.8, 4) is 0 Å². The minimum atomic E-state index is -0.127. The third-order valence-corrected chi connectivity index (χ3v) is 3.92. The number of ketones is 1. The SMILES string of the molecule is Cc1cccc2cc(C=CC(=O)c3cccc(N)c3)c(Cl)nc12. The molecule has 0 unspecified atom stereocenters. The van der Waals surface area contributed by atoms with E-state index in [0.717, 1.165) is 16.5 Å². The highest BCUT2D eigenvalue weighted by atomic mass is 35.5. The first-order valence-electron chi connectivity index (χ1n) is 7.18. The van der Waals surface area contributed by atoms with Crippen LogP contribution in [0.2, 0.25) is 5.15 Å². The van der Waals surface area contributed by atoms with Crippen molar-refractivity contribution in [3.05, 3.63) is 76.5 Å². The van der Waals surface area contributed by atoms with Crippen LogP contribution in [-0.2, 0) is 0 Å². The number of nitrogen functional groups attached to an aromatic ring is 1. The van der Waals surface area contributed by atoms with Crippen LogP contribution in [0.4, 0.5) is 5.69 Å². The van der Waals surface area contributed by atoms with E-state index >= 15 is 0 Å². The summed E-state index contributed by atoms with van der Waals surface area (Å²) in [6, 6.07) is 14.7. The van der Waals surface area contributed by atoms with Crippen molar-refractivity contribution in [2.45, 2.75) is 6.92 Å². The minimum Gasteiger partial charge on any atom is -0.399 e. The van der Waals surface area contributed by atoms with Gasteiger partial charge in [0.15, 0.2) is 5.78 Å². The minimum absolute atomic E-state index is 0.127. The molecule has 2 aromatic carbocycles. The Bertz CT molecular complexity index is 932. The number of halogens is 1. The van der Waals surface area contributed by atoms with E-state index in [2.05, 4.69) is 4.98 Å². The first-order valence-corrected chi connectivity index (χ1v) is 7.56. The first kappa shape index (κ1) is 15.3. The molecule has 0 aliphatic heterocycles. The molecular formula is C19H15ClN2O. The Labute approximate surface area is 139 Å². The maximum atomic E-state index is 12.2. The van der Waals surface area contributed by atoms with E-state index in [0.29, 0.717) is 22.0 Å². The lowest BCUT2D eigenvalue weighted by molar-refractivity contribution is 0.104. The molecule has 0 bridgehead atoms. The van der Waals surface area contributed by atoms with Gasteiger partial charge in [-0.1, -0.05) is 41.9 Å². The van der Waals surface area contributed by atoms with E-state index < -0.39 is 0 Å². The zero-order chi connectivity index (χ0) is 16.4. The standard InChI is InChI=1S/C19H15ClN2O/c1-12-4-2-6-14-10-15(19(20)22-18(12)14)8-9-17(23)13-5-3-7-16(21)11-13/h2-11H,21H2,1H3. The van der Waals surface area contributed by atoms with Crippen LogP contribution in [0, 0.1) is 6.92 Å². The number of fused-ring (bicyclic) bond motifs is 1. The van der Waals surface area contributed by atoms with Gasteiger partial charge in [0.1, 0.15) is 5.15 Å². The van der Waals surface area contributed by atoms with Crippen LogP contribution in [0.3, 0.4) is 0 Å². The number of hydrogen-bond acceptors (Lipinski definition) is 3. The normalized spacial score (nSPS) is 11.2. The molecule has 4 heteroatoms. The summed E-state index contributed by atoms with van der Waals surface area (Å²) in [6.07, 6.45) is 3.17. The zero-order valence-corrected chi connectivity index (χ0v) is 13.3. The molecule has 1 heterocycles. The van der Waals surface area contributed by atoms with Crippen molar-refractivity contribution in [1.82, 2.24) is 4.98 Å². The second-order valence-corrected chi connectivity index (χ2v) is 5.70. The molecule has 0 aliphatic carbocycles. The molecular weight excluding hydrogens is 308 g/mol. The van der Waals surface area contributed by atoms with E-state index in [-0.39, 0.29) is 5.78 Å². The predicted molar refractivity (Wildman–Crippen MR) is 95.7 cm³/mol. The molecule has 0 fully saturated rings. The first-order chi connectivity index (χ1) is 11.0. The highest BCUT2D eigenvalue weighted by Crippen LogP contribution is 2.24. The molecule has 0 amide bonds. The van der Waals surface area contributed by atoms with Gasteiger partial charge in [-0.2, -0.15) is 0 Å². The summed E-state index contributed by atoms with van der Waals surface area (Å²) in [4.78, 5) is 16.6. The lowest BCUT2D eigenvalue weighted by atomic mass is 10.1. The summed E-state index contributed by atoms with van der Waals surface area (Å²) in [7, 11) is 0. The molecule has 3 nitrogen and oxygen atoms in total. The van der Waals surface area contributed by atoms with Gasteiger partial charge in [0.05, 0.1) is 5.52 Å². The zero-order valence-electron chi connectivity index (χ0n) is 12.6. The van der Waals surface area contributed by atoms with Crippen LogP contribution in [0.25, 0.3) is 17.0 Å². The van der Waals surface area contributed by atoms with E-state index in [4.69, 9.17) is 17.3 Å². The Hall–Kier alpha value is -2.65. The summed E-state index contributed by atoms with van der Waals surface area (Å²) < 4.78 is 0. The fourth-order valence-corrected chi connectivity index (χ4v) is 2.61. The number of allylic oxidation sites excluding steroid dienone is 1. The van der Waals surface area contributed by atoms with E-state index in [1.54, 1.807) is 30.3 Å². The van der Waals surface area contributed by atoms with Crippen LogP contribution in [0.5, 0.6) is 0 Å². The molecule has 0 saturated carbocycles. The Morgan fingerprint density at radius 2 is 1.96 bits per heavy atom. The number of carbonyl (C=O) groups excluding carboxylic acids is 1. The maximum absolute atomic E-state index is 12.2. The van der Waals surface area contributed by atoms with Crippen molar-refractivity contribution in [2.24, 2.45) is 0 Å². The fraction of sp³-hybridized carbons (Fsp3) is 0.0526. The van der Waals surface area contributed by atoms with Gasteiger partial charge in [-0.25, -0.2) is 4.98 Å². The topological polar surface area (TPSA) is 56.0 Å². The number of para-hydroxylation sites is 1. The number of aryl methyl sites for hydroxylation is 1.